The van der Waals surface area contributed by atoms with Gasteiger partial charge in [-0.2, -0.15) is 0 Å². The summed E-state index contributed by atoms with van der Waals surface area (Å²) in [5, 5.41) is 0. The number of hydrogen-bond acceptors (Lipinski definition) is 2. The lowest BCUT2D eigenvalue weighted by atomic mass is 9.78. The van der Waals surface area contributed by atoms with Gasteiger partial charge < -0.3 is 0 Å². The molecule has 0 radical (unpaired) electrons. The maximum absolute atomic E-state index is 11.6. The van der Waals surface area contributed by atoms with Crippen molar-refractivity contribution in [2.24, 2.45) is 11.3 Å². The Kier molecular flexibility index (Phi) is 2.47. The monoisotopic (exact) mass is 281 g/mol. The summed E-state index contributed by atoms with van der Waals surface area (Å²) in [6, 6.07) is 0. The van der Waals surface area contributed by atoms with E-state index in [2.05, 4.69) is 0 Å². The van der Waals surface area contributed by atoms with Crippen LogP contribution in [0.25, 0.3) is 0 Å². The highest BCUT2D eigenvalue weighted by atomic mass is 127. The van der Waals surface area contributed by atoms with E-state index >= 15 is 0 Å². The lowest BCUT2D eigenvalue weighted by Gasteiger charge is -2.24. The molecule has 0 aliphatic carbocycles. The SMILES string of the molecule is CC(C)C1(C)CC(=O)N(I)C1=O. The number of amides is 2. The molecule has 1 heterocycles. The minimum atomic E-state index is -0.474. The maximum Gasteiger partial charge on any atom is 0.244 e. The lowest BCUT2D eigenvalue weighted by Crippen LogP contribution is -2.31. The minimum Gasteiger partial charge on any atom is -0.274 e. The largest absolute Gasteiger partial charge is 0.274 e. The first kappa shape index (κ1) is 9.95. The standard InChI is InChI=1S/C8H12INO2/c1-5(2)8(3)4-6(11)10(9)7(8)12/h5H,4H2,1-3H3. The van der Waals surface area contributed by atoms with E-state index in [1.807, 2.05) is 20.8 Å². The first-order valence-electron chi connectivity index (χ1n) is 3.92. The van der Waals surface area contributed by atoms with Crippen LogP contribution in [-0.4, -0.2) is 14.9 Å². The van der Waals surface area contributed by atoms with E-state index in [0.29, 0.717) is 6.42 Å². The van der Waals surface area contributed by atoms with Gasteiger partial charge in [0.1, 0.15) is 0 Å². The molecule has 1 unspecified atom stereocenters. The number of hydrogen-bond donors (Lipinski definition) is 0. The van der Waals surface area contributed by atoms with Crippen molar-refractivity contribution in [2.45, 2.75) is 27.2 Å². The number of nitrogens with zero attached hydrogens (tertiary/aromatic N) is 1. The summed E-state index contributed by atoms with van der Waals surface area (Å²) >= 11 is 1.78. The van der Waals surface area contributed by atoms with Gasteiger partial charge in [0, 0.05) is 6.42 Å². The summed E-state index contributed by atoms with van der Waals surface area (Å²) in [4.78, 5) is 22.8. The molecule has 1 aliphatic heterocycles. The Morgan fingerprint density at radius 1 is 1.50 bits per heavy atom. The van der Waals surface area contributed by atoms with Crippen molar-refractivity contribution in [3.8, 4) is 0 Å². The van der Waals surface area contributed by atoms with Gasteiger partial charge in [-0.3, -0.25) is 9.59 Å². The zero-order valence-electron chi connectivity index (χ0n) is 7.43. The molecule has 2 amide bonds. The molecule has 4 heteroatoms. The Balaban J connectivity index is 2.97. The average Bonchev–Trinajstić information content (AvgIpc) is 2.17. The molecule has 3 nitrogen and oxygen atoms in total. The van der Waals surface area contributed by atoms with Crippen molar-refractivity contribution in [3.63, 3.8) is 0 Å². The van der Waals surface area contributed by atoms with E-state index in [0.717, 1.165) is 0 Å². The van der Waals surface area contributed by atoms with Gasteiger partial charge in [-0.15, -0.1) is 0 Å². The van der Waals surface area contributed by atoms with Crippen LogP contribution in [0.3, 0.4) is 0 Å². The van der Waals surface area contributed by atoms with Crippen LogP contribution in [0.2, 0.25) is 0 Å². The Hall–Kier alpha value is -0.130. The zero-order chi connectivity index (χ0) is 9.52. The zero-order valence-corrected chi connectivity index (χ0v) is 9.58. The summed E-state index contributed by atoms with van der Waals surface area (Å²) < 4.78 is 1.21. The highest BCUT2D eigenvalue weighted by Crippen LogP contribution is 2.40. The average molecular weight is 281 g/mol. The van der Waals surface area contributed by atoms with Gasteiger partial charge in [0.15, 0.2) is 0 Å². The molecule has 68 valence electrons. The summed E-state index contributed by atoms with van der Waals surface area (Å²) in [7, 11) is 0. The van der Waals surface area contributed by atoms with Gasteiger partial charge in [-0.05, 0) is 12.8 Å². The van der Waals surface area contributed by atoms with Gasteiger partial charge in [0.2, 0.25) is 11.8 Å². The Morgan fingerprint density at radius 2 is 2.00 bits per heavy atom. The number of imide groups is 1. The van der Waals surface area contributed by atoms with E-state index in [1.54, 1.807) is 22.9 Å². The summed E-state index contributed by atoms with van der Waals surface area (Å²) in [5.41, 5.74) is -0.474. The normalized spacial score (nSPS) is 30.6. The second-order valence-electron chi connectivity index (χ2n) is 3.73. The quantitative estimate of drug-likeness (QED) is 0.417. The first-order chi connectivity index (χ1) is 5.39. The van der Waals surface area contributed by atoms with Gasteiger partial charge in [-0.1, -0.05) is 13.8 Å². The van der Waals surface area contributed by atoms with Crippen LogP contribution in [0, 0.1) is 11.3 Å². The highest BCUT2D eigenvalue weighted by Gasteiger charge is 2.49. The van der Waals surface area contributed by atoms with Crippen molar-refractivity contribution in [3.05, 3.63) is 0 Å². The molecular formula is C8H12INO2. The molecule has 12 heavy (non-hydrogen) atoms. The summed E-state index contributed by atoms with van der Waals surface area (Å²) in [6.45, 7) is 5.80. The van der Waals surface area contributed by atoms with Crippen molar-refractivity contribution >= 4 is 34.7 Å². The third-order valence-electron chi connectivity index (χ3n) is 2.68. The van der Waals surface area contributed by atoms with Crippen molar-refractivity contribution in [1.29, 1.82) is 0 Å². The van der Waals surface area contributed by atoms with Gasteiger partial charge >= 0.3 is 0 Å². The molecule has 0 saturated carbocycles. The number of carbonyl (C=O) groups excluding carboxylic acids is 2. The van der Waals surface area contributed by atoms with Crippen LogP contribution in [0.15, 0.2) is 0 Å². The third kappa shape index (κ3) is 1.26. The molecule has 1 atom stereocenters. The molecule has 1 rings (SSSR count). The van der Waals surface area contributed by atoms with Gasteiger partial charge in [0.05, 0.1) is 28.3 Å². The van der Waals surface area contributed by atoms with Crippen LogP contribution >= 0.6 is 22.9 Å². The third-order valence-corrected chi connectivity index (χ3v) is 3.65. The van der Waals surface area contributed by atoms with E-state index in [9.17, 15) is 9.59 Å². The predicted molar refractivity (Wildman–Crippen MR) is 53.4 cm³/mol. The van der Waals surface area contributed by atoms with E-state index in [1.165, 1.54) is 3.11 Å². The molecular weight excluding hydrogens is 269 g/mol. The molecule has 0 spiro atoms. The Bertz CT molecular complexity index is 239. The summed E-state index contributed by atoms with van der Waals surface area (Å²) in [5.74, 6) is 0.0913. The second-order valence-corrected chi connectivity index (χ2v) is 4.69. The molecule has 1 saturated heterocycles. The fourth-order valence-electron chi connectivity index (χ4n) is 1.25. The topological polar surface area (TPSA) is 37.4 Å². The fraction of sp³-hybridized carbons (Fsp3) is 0.750. The molecule has 0 aromatic carbocycles. The minimum absolute atomic E-state index is 0.0527. The van der Waals surface area contributed by atoms with E-state index < -0.39 is 5.41 Å². The molecule has 1 aliphatic rings. The fourth-order valence-corrected chi connectivity index (χ4v) is 1.97. The molecule has 0 bridgehead atoms. The Labute approximate surface area is 86.0 Å². The first-order valence-corrected chi connectivity index (χ1v) is 4.89. The molecule has 0 aromatic rings. The van der Waals surface area contributed by atoms with Crippen molar-refractivity contribution in [2.75, 3.05) is 0 Å². The number of halogens is 1. The van der Waals surface area contributed by atoms with Crippen molar-refractivity contribution < 1.29 is 9.59 Å². The maximum atomic E-state index is 11.6. The van der Waals surface area contributed by atoms with Crippen LogP contribution in [-0.2, 0) is 9.59 Å². The smallest absolute Gasteiger partial charge is 0.244 e. The van der Waals surface area contributed by atoms with Gasteiger partial charge in [-0.25, -0.2) is 3.11 Å². The van der Waals surface area contributed by atoms with Crippen molar-refractivity contribution in [1.82, 2.24) is 3.11 Å². The molecule has 0 N–H and O–H groups in total. The number of rotatable bonds is 1. The second kappa shape index (κ2) is 2.97. The number of carbonyl (C=O) groups is 2. The Morgan fingerprint density at radius 3 is 2.17 bits per heavy atom. The lowest BCUT2D eigenvalue weighted by molar-refractivity contribution is -0.134. The van der Waals surface area contributed by atoms with E-state index in [4.69, 9.17) is 0 Å². The summed E-state index contributed by atoms with van der Waals surface area (Å²) in [6.07, 6.45) is 0.354. The molecule has 0 aromatic heterocycles. The highest BCUT2D eigenvalue weighted by molar-refractivity contribution is 14.1. The van der Waals surface area contributed by atoms with Crippen LogP contribution in [0.5, 0.6) is 0 Å². The molecule has 1 fully saturated rings. The van der Waals surface area contributed by atoms with E-state index in [-0.39, 0.29) is 17.7 Å². The van der Waals surface area contributed by atoms with Crippen LogP contribution in [0.4, 0.5) is 0 Å². The predicted octanol–water partition coefficient (Wildman–Crippen LogP) is 1.76. The van der Waals surface area contributed by atoms with Gasteiger partial charge in [0.25, 0.3) is 0 Å². The van der Waals surface area contributed by atoms with Crippen LogP contribution in [0.1, 0.15) is 27.2 Å². The van der Waals surface area contributed by atoms with Crippen LogP contribution < -0.4 is 0 Å².